The summed E-state index contributed by atoms with van der Waals surface area (Å²) in [4.78, 5) is 51.9. The zero-order chi connectivity index (χ0) is 29.9. The zero-order valence-corrected chi connectivity index (χ0v) is 25.4. The number of ether oxygens (including phenoxy) is 2. The monoisotopic (exact) mass is 580 g/mol. The van der Waals surface area contributed by atoms with Gasteiger partial charge in [-0.1, -0.05) is 26.2 Å². The Morgan fingerprint density at radius 2 is 1.44 bits per heavy atom. The highest BCUT2D eigenvalue weighted by Crippen LogP contribution is 2.32. The van der Waals surface area contributed by atoms with E-state index in [4.69, 9.17) is 9.47 Å². The van der Waals surface area contributed by atoms with E-state index in [1.54, 1.807) is 33.1 Å². The quantitative estimate of drug-likeness (QED) is 0.277. The second-order valence-electron chi connectivity index (χ2n) is 12.4. The lowest BCUT2D eigenvalue weighted by Crippen LogP contribution is -2.50. The number of nitrogens with one attached hydrogen (secondary N) is 3. The molecule has 0 radical (unpaired) electrons. The Bertz CT molecular complexity index is 873. The molecule has 11 heteroatoms. The molecule has 3 saturated carbocycles. The fourth-order valence-electron chi connectivity index (χ4n) is 6.83. The molecule has 3 rings (SSSR count). The Labute approximate surface area is 244 Å². The number of carbonyl (C=O) groups excluding carboxylic acids is 3. The van der Waals surface area contributed by atoms with Crippen molar-refractivity contribution in [3.05, 3.63) is 0 Å². The predicted molar refractivity (Wildman–Crippen MR) is 154 cm³/mol. The maximum absolute atomic E-state index is 13.1. The Kier molecular flexibility index (Phi) is 13.2. The van der Waals surface area contributed by atoms with Gasteiger partial charge in [-0.25, -0.2) is 4.79 Å². The van der Waals surface area contributed by atoms with Gasteiger partial charge < -0.3 is 35.4 Å². The predicted octanol–water partition coefficient (Wildman–Crippen LogP) is 3.20. The first-order valence-corrected chi connectivity index (χ1v) is 15.5. The number of methoxy groups -OCH3 is 2. The lowest BCUT2D eigenvalue weighted by atomic mass is 9.79. The highest BCUT2D eigenvalue weighted by Gasteiger charge is 2.37. The lowest BCUT2D eigenvalue weighted by Gasteiger charge is -2.38. The average molecular weight is 581 g/mol. The van der Waals surface area contributed by atoms with Gasteiger partial charge in [0.1, 0.15) is 0 Å². The largest absolute Gasteiger partial charge is 0.481 e. The first-order chi connectivity index (χ1) is 19.6. The summed E-state index contributed by atoms with van der Waals surface area (Å²) in [5.41, 5.74) is 0. The van der Waals surface area contributed by atoms with Crippen molar-refractivity contribution in [3.8, 4) is 0 Å². The number of aliphatic carboxylic acids is 1. The molecule has 0 saturated heterocycles. The Morgan fingerprint density at radius 1 is 0.829 bits per heavy atom. The van der Waals surface area contributed by atoms with Gasteiger partial charge in [0.2, 0.25) is 11.8 Å². The van der Waals surface area contributed by atoms with Crippen LogP contribution in [0.5, 0.6) is 0 Å². The van der Waals surface area contributed by atoms with Gasteiger partial charge in [0.25, 0.3) is 0 Å². The van der Waals surface area contributed by atoms with Crippen molar-refractivity contribution in [2.45, 2.75) is 133 Å². The van der Waals surface area contributed by atoms with Crippen LogP contribution in [0.25, 0.3) is 0 Å². The fourth-order valence-corrected chi connectivity index (χ4v) is 6.83. The molecule has 3 aliphatic carbocycles. The summed E-state index contributed by atoms with van der Waals surface area (Å²) in [7, 11) is 5.04. The smallest absolute Gasteiger partial charge is 0.315 e. The average Bonchev–Trinajstić information content (AvgIpc) is 2.96. The zero-order valence-electron chi connectivity index (χ0n) is 25.4. The van der Waals surface area contributed by atoms with Crippen molar-refractivity contribution < 1.29 is 33.8 Å². The van der Waals surface area contributed by atoms with Gasteiger partial charge in [-0.3, -0.25) is 14.4 Å². The number of hydrogen-bond donors (Lipinski definition) is 4. The number of rotatable bonds is 12. The van der Waals surface area contributed by atoms with Crippen molar-refractivity contribution in [1.29, 1.82) is 0 Å². The van der Waals surface area contributed by atoms with Crippen LogP contribution in [-0.4, -0.2) is 91.5 Å². The Balaban J connectivity index is 1.43. The van der Waals surface area contributed by atoms with Crippen LogP contribution in [0, 0.1) is 11.8 Å². The van der Waals surface area contributed by atoms with E-state index in [1.807, 2.05) is 0 Å². The third kappa shape index (κ3) is 10.1. The van der Waals surface area contributed by atoms with E-state index in [1.165, 1.54) is 19.3 Å². The van der Waals surface area contributed by atoms with Gasteiger partial charge in [0.05, 0.1) is 18.6 Å². The number of carboxylic acids is 1. The summed E-state index contributed by atoms with van der Waals surface area (Å²) in [6.45, 7) is 1.71. The van der Waals surface area contributed by atoms with Gasteiger partial charge in [-0.05, 0) is 63.7 Å². The number of nitrogens with zero attached hydrogens (tertiary/aromatic N) is 1. The van der Waals surface area contributed by atoms with Gasteiger partial charge in [0, 0.05) is 57.8 Å². The third-order valence-corrected chi connectivity index (χ3v) is 9.51. The van der Waals surface area contributed by atoms with Crippen LogP contribution in [-0.2, 0) is 23.9 Å². The van der Waals surface area contributed by atoms with Crippen molar-refractivity contribution in [2.24, 2.45) is 11.8 Å². The van der Waals surface area contributed by atoms with Gasteiger partial charge >= 0.3 is 12.0 Å². The van der Waals surface area contributed by atoms with Gasteiger partial charge in [-0.2, -0.15) is 0 Å². The molecule has 11 nitrogen and oxygen atoms in total. The Hall–Kier alpha value is -2.40. The lowest BCUT2D eigenvalue weighted by molar-refractivity contribution is -0.140. The van der Waals surface area contributed by atoms with Crippen LogP contribution in [0.3, 0.4) is 0 Å². The van der Waals surface area contributed by atoms with Gasteiger partial charge in [-0.15, -0.1) is 0 Å². The summed E-state index contributed by atoms with van der Waals surface area (Å²) in [5, 5.41) is 18.7. The summed E-state index contributed by atoms with van der Waals surface area (Å²) >= 11 is 0. The minimum atomic E-state index is -0.974. The second kappa shape index (κ2) is 16.3. The van der Waals surface area contributed by atoms with E-state index in [9.17, 15) is 24.3 Å². The maximum atomic E-state index is 13.1. The number of carbonyl (C=O) groups is 4. The maximum Gasteiger partial charge on any atom is 0.315 e. The molecule has 0 heterocycles. The molecule has 3 aliphatic rings. The second-order valence-corrected chi connectivity index (χ2v) is 12.4. The first-order valence-electron chi connectivity index (χ1n) is 15.5. The van der Waals surface area contributed by atoms with Crippen molar-refractivity contribution in [2.75, 3.05) is 21.3 Å². The van der Waals surface area contributed by atoms with Crippen molar-refractivity contribution >= 4 is 23.8 Å². The molecule has 5 atom stereocenters. The molecule has 4 unspecified atom stereocenters. The molecule has 0 aromatic carbocycles. The molecule has 4 amide bonds. The van der Waals surface area contributed by atoms with Crippen LogP contribution in [0.2, 0.25) is 0 Å². The van der Waals surface area contributed by atoms with E-state index in [0.29, 0.717) is 6.42 Å². The number of hydrogen-bond acceptors (Lipinski definition) is 6. The van der Waals surface area contributed by atoms with Crippen LogP contribution in [0.15, 0.2) is 0 Å². The molecule has 0 spiro atoms. The normalized spacial score (nSPS) is 28.6. The molecular formula is C30H52N4O7. The molecule has 234 valence electrons. The van der Waals surface area contributed by atoms with E-state index >= 15 is 0 Å². The molecule has 0 aromatic heterocycles. The van der Waals surface area contributed by atoms with E-state index < -0.39 is 17.9 Å². The van der Waals surface area contributed by atoms with E-state index in [2.05, 4.69) is 16.0 Å². The SMILES string of the molecule is COC1CCC([C@H](CC(=O)O)NC(=O)C(C)CC(=O)N(C)C2CCC(NC(=O)NC3CCCCC3)CC2)CC1OC. The summed E-state index contributed by atoms with van der Waals surface area (Å²) in [6.07, 6.45) is 10.6. The standard InChI is InChI=1S/C30H52N4O7/c1-19(29(38)33-24(18-28(36)37)20-10-15-25(40-3)26(17-20)41-4)16-27(35)34(2)23-13-11-22(12-14-23)32-30(39)31-21-8-6-5-7-9-21/h19-26H,5-18H2,1-4H3,(H,33,38)(H,36,37)(H2,31,32,39)/t19?,20?,22?,23?,24-,25?,26?/m0/s1. The highest BCUT2D eigenvalue weighted by molar-refractivity contribution is 5.86. The van der Waals surface area contributed by atoms with E-state index in [-0.39, 0.29) is 66.9 Å². The molecule has 0 aliphatic heterocycles. The molecule has 4 N–H and O–H groups in total. The molecule has 3 fully saturated rings. The van der Waals surface area contributed by atoms with Crippen LogP contribution >= 0.6 is 0 Å². The molecule has 0 aromatic rings. The van der Waals surface area contributed by atoms with Crippen molar-refractivity contribution in [1.82, 2.24) is 20.9 Å². The summed E-state index contributed by atoms with van der Waals surface area (Å²) < 4.78 is 11.1. The van der Waals surface area contributed by atoms with Crippen LogP contribution < -0.4 is 16.0 Å². The summed E-state index contributed by atoms with van der Waals surface area (Å²) in [6, 6.07) is -0.181. The number of amides is 4. The highest BCUT2D eigenvalue weighted by atomic mass is 16.5. The first kappa shape index (κ1) is 33.1. The number of carboxylic acid groups (broad SMARTS) is 1. The topological polar surface area (TPSA) is 146 Å². The fraction of sp³-hybridized carbons (Fsp3) is 0.867. The molecule has 41 heavy (non-hydrogen) atoms. The van der Waals surface area contributed by atoms with E-state index in [0.717, 1.165) is 51.4 Å². The van der Waals surface area contributed by atoms with Crippen LogP contribution in [0.4, 0.5) is 4.79 Å². The molecular weight excluding hydrogens is 528 g/mol. The number of urea groups is 1. The molecule has 0 bridgehead atoms. The summed E-state index contributed by atoms with van der Waals surface area (Å²) in [5.74, 6) is -2.02. The minimum absolute atomic E-state index is 0.0472. The third-order valence-electron chi connectivity index (χ3n) is 9.51. The minimum Gasteiger partial charge on any atom is -0.481 e. The van der Waals surface area contributed by atoms with Gasteiger partial charge in [0.15, 0.2) is 0 Å². The van der Waals surface area contributed by atoms with Crippen molar-refractivity contribution in [3.63, 3.8) is 0 Å². The van der Waals surface area contributed by atoms with Crippen LogP contribution in [0.1, 0.15) is 96.8 Å². The Morgan fingerprint density at radius 3 is 2.02 bits per heavy atom.